The Kier molecular flexibility index (Phi) is 4.42. The molecule has 106 valence electrons. The van der Waals surface area contributed by atoms with Gasteiger partial charge >= 0.3 is 141 Å². The summed E-state index contributed by atoms with van der Waals surface area (Å²) >= 11 is 2.47. The predicted octanol–water partition coefficient (Wildman–Crippen LogP) is 3.95. The summed E-state index contributed by atoms with van der Waals surface area (Å²) in [6.45, 7) is 2.45. The predicted molar refractivity (Wildman–Crippen MR) is 105 cm³/mol. The molecule has 0 aromatic heterocycles. The zero-order valence-electron chi connectivity index (χ0n) is 12.0. The molecule has 0 aliphatic carbocycles. The van der Waals surface area contributed by atoms with Crippen LogP contribution >= 0.6 is 29.9 Å². The van der Waals surface area contributed by atoms with Crippen molar-refractivity contribution in [2.45, 2.75) is 0 Å². The van der Waals surface area contributed by atoms with E-state index in [-0.39, 0.29) is 0 Å². The van der Waals surface area contributed by atoms with Crippen molar-refractivity contribution in [3.05, 3.63) is 88.5 Å². The first-order chi connectivity index (χ1) is 10.2. The Bertz CT molecular complexity index is 683. The van der Waals surface area contributed by atoms with Crippen molar-refractivity contribution in [2.75, 3.05) is 6.66 Å². The van der Waals surface area contributed by atoms with Gasteiger partial charge in [-0.1, -0.05) is 0 Å². The molecule has 0 unspecified atom stereocenters. The summed E-state index contributed by atoms with van der Waals surface area (Å²) in [5, 5.41) is 4.41. The first-order valence-electron chi connectivity index (χ1n) is 7.09. The summed E-state index contributed by atoms with van der Waals surface area (Å²) in [4.78, 5) is 0. The molecule has 0 N–H and O–H groups in total. The van der Waals surface area contributed by atoms with Gasteiger partial charge in [0, 0.05) is 0 Å². The van der Waals surface area contributed by atoms with Crippen molar-refractivity contribution in [2.24, 2.45) is 0 Å². The molecule has 2 heteroatoms. The van der Waals surface area contributed by atoms with E-state index in [0.717, 1.165) is 0 Å². The number of halogens is 1. The molecule has 3 aromatic rings. The number of benzene rings is 3. The second-order valence-electron chi connectivity index (χ2n) is 5.34. The number of hydrogen-bond acceptors (Lipinski definition) is 0. The van der Waals surface area contributed by atoms with E-state index in [2.05, 4.69) is 114 Å². The Hall–Kier alpha value is -1.18. The van der Waals surface area contributed by atoms with E-state index < -0.39 is 7.26 Å². The molecule has 0 bridgehead atoms. The van der Waals surface area contributed by atoms with Crippen LogP contribution in [0.3, 0.4) is 0 Å². The van der Waals surface area contributed by atoms with Gasteiger partial charge in [-0.3, -0.25) is 0 Å². The molecule has 0 saturated heterocycles. The van der Waals surface area contributed by atoms with Gasteiger partial charge in [-0.2, -0.15) is 0 Å². The van der Waals surface area contributed by atoms with Gasteiger partial charge < -0.3 is 0 Å². The zero-order valence-corrected chi connectivity index (χ0v) is 15.1. The van der Waals surface area contributed by atoms with E-state index in [0.29, 0.717) is 0 Å². The first-order valence-corrected chi connectivity index (χ1v) is 10.7. The normalized spacial score (nSPS) is 12.1. The molecular weight excluding hydrogens is 386 g/mol. The van der Waals surface area contributed by atoms with Crippen molar-refractivity contribution in [1.29, 1.82) is 0 Å². The topological polar surface area (TPSA) is 0 Å². The Morgan fingerprint density at radius 3 is 1.52 bits per heavy atom. The first kappa shape index (κ1) is 14.7. The summed E-state index contributed by atoms with van der Waals surface area (Å²) in [5.74, 6) is 0. The Balaban J connectivity index is 2.29. The van der Waals surface area contributed by atoms with E-state index >= 15 is 0 Å². The van der Waals surface area contributed by atoms with E-state index in [1.54, 1.807) is 0 Å². The Morgan fingerprint density at radius 2 is 1.05 bits per heavy atom. The van der Waals surface area contributed by atoms with Crippen LogP contribution in [-0.2, 0) is 0 Å². The fourth-order valence-electron chi connectivity index (χ4n) is 2.89. The molecule has 3 aromatic carbocycles. The van der Waals surface area contributed by atoms with Crippen molar-refractivity contribution in [1.82, 2.24) is 0 Å². The number of hydrogen-bond donors (Lipinski definition) is 0. The molecule has 0 nitrogen and oxygen atoms in total. The third-order valence-electron chi connectivity index (χ3n) is 4.11. The van der Waals surface area contributed by atoms with Gasteiger partial charge in [0.1, 0.15) is 0 Å². The van der Waals surface area contributed by atoms with Crippen LogP contribution in [0, 0.1) is 3.57 Å². The molecule has 21 heavy (non-hydrogen) atoms. The van der Waals surface area contributed by atoms with Crippen molar-refractivity contribution < 1.29 is 0 Å². The fraction of sp³-hybridized carbons (Fsp3) is 0.0526. The SMILES string of the molecule is C[PH](c1ccccc1)(c1ccccc1)c1ccccc1I. The van der Waals surface area contributed by atoms with Crippen molar-refractivity contribution in [3.8, 4) is 0 Å². The van der Waals surface area contributed by atoms with Crippen LogP contribution in [0.4, 0.5) is 0 Å². The quantitative estimate of drug-likeness (QED) is 0.458. The van der Waals surface area contributed by atoms with Gasteiger partial charge in [-0.15, -0.1) is 0 Å². The third-order valence-corrected chi connectivity index (χ3v) is 10.1. The summed E-state index contributed by atoms with van der Waals surface area (Å²) < 4.78 is 1.36. The third kappa shape index (κ3) is 2.77. The molecule has 0 aliphatic rings. The molecule has 0 spiro atoms. The van der Waals surface area contributed by atoms with Crippen molar-refractivity contribution in [3.63, 3.8) is 0 Å². The molecule has 0 atom stereocenters. The van der Waals surface area contributed by atoms with Crippen LogP contribution in [-0.4, -0.2) is 6.66 Å². The van der Waals surface area contributed by atoms with Gasteiger partial charge in [0.15, 0.2) is 0 Å². The van der Waals surface area contributed by atoms with Crippen LogP contribution < -0.4 is 15.9 Å². The summed E-state index contributed by atoms with van der Waals surface area (Å²) in [7, 11) is -1.93. The minimum atomic E-state index is -1.93. The molecular formula is C19H18IP. The summed E-state index contributed by atoms with van der Waals surface area (Å²) in [5.41, 5.74) is 0. The molecule has 0 heterocycles. The maximum atomic E-state index is 2.47. The van der Waals surface area contributed by atoms with Gasteiger partial charge in [-0.05, 0) is 0 Å². The second-order valence-corrected chi connectivity index (χ2v) is 10.4. The van der Waals surface area contributed by atoms with Crippen LogP contribution in [0.5, 0.6) is 0 Å². The molecule has 3 rings (SSSR count). The molecule has 0 radical (unpaired) electrons. The van der Waals surface area contributed by atoms with Gasteiger partial charge in [-0.25, -0.2) is 0 Å². The summed E-state index contributed by atoms with van der Waals surface area (Å²) in [6.07, 6.45) is 0. The number of rotatable bonds is 3. The monoisotopic (exact) mass is 404 g/mol. The van der Waals surface area contributed by atoms with Crippen LogP contribution in [0.2, 0.25) is 0 Å². The van der Waals surface area contributed by atoms with Crippen LogP contribution in [0.15, 0.2) is 84.9 Å². The van der Waals surface area contributed by atoms with Gasteiger partial charge in [0.2, 0.25) is 0 Å². The van der Waals surface area contributed by atoms with Crippen molar-refractivity contribution >= 4 is 45.8 Å². The van der Waals surface area contributed by atoms with E-state index in [1.807, 2.05) is 0 Å². The molecule has 0 amide bonds. The average Bonchev–Trinajstić information content (AvgIpc) is 2.56. The van der Waals surface area contributed by atoms with Gasteiger partial charge in [0.25, 0.3) is 0 Å². The van der Waals surface area contributed by atoms with E-state index in [1.165, 1.54) is 19.5 Å². The second kappa shape index (κ2) is 6.29. The molecule has 0 fully saturated rings. The standard InChI is InChI=1S/C19H18IP/c1-21(16-10-4-2-5-11-16,17-12-6-3-7-13-17)19-15-9-8-14-18(19)20/h2-15,21H,1H3. The van der Waals surface area contributed by atoms with Crippen LogP contribution in [0.25, 0.3) is 0 Å². The van der Waals surface area contributed by atoms with Gasteiger partial charge in [0.05, 0.1) is 0 Å². The molecule has 0 aliphatic heterocycles. The Labute approximate surface area is 140 Å². The van der Waals surface area contributed by atoms with Crippen LogP contribution in [0.1, 0.15) is 0 Å². The maximum absolute atomic E-state index is 2.47. The summed E-state index contributed by atoms with van der Waals surface area (Å²) in [6, 6.07) is 30.7. The fourth-order valence-corrected chi connectivity index (χ4v) is 8.56. The minimum absolute atomic E-state index is 1.36. The molecule has 0 saturated carbocycles. The zero-order chi connectivity index (χ0) is 14.7. The van der Waals surface area contributed by atoms with E-state index in [4.69, 9.17) is 0 Å². The van der Waals surface area contributed by atoms with E-state index in [9.17, 15) is 0 Å². The Morgan fingerprint density at radius 1 is 0.619 bits per heavy atom. The average molecular weight is 404 g/mol.